The van der Waals surface area contributed by atoms with Gasteiger partial charge < -0.3 is 19.9 Å². The molecule has 2 N–H and O–H groups in total. The van der Waals surface area contributed by atoms with E-state index >= 15 is 0 Å². The number of ether oxygens (including phenoxy) is 1. The molecule has 2 bridgehead atoms. The molecule has 0 aliphatic carbocycles. The van der Waals surface area contributed by atoms with Crippen molar-refractivity contribution in [2.24, 2.45) is 11.7 Å². The first-order valence-corrected chi connectivity index (χ1v) is 9.87. The lowest BCUT2D eigenvalue weighted by Crippen LogP contribution is -2.53. The molecule has 29 heavy (non-hydrogen) atoms. The summed E-state index contributed by atoms with van der Waals surface area (Å²) in [6.07, 6.45) is 0.809. The van der Waals surface area contributed by atoms with Crippen LogP contribution in [0.3, 0.4) is 0 Å². The first-order valence-electron chi connectivity index (χ1n) is 9.87. The van der Waals surface area contributed by atoms with E-state index in [1.807, 2.05) is 34.9 Å². The quantitative estimate of drug-likeness (QED) is 0.789. The fraction of sp³-hybridized carbons (Fsp3) is 0.409. The molecule has 2 aliphatic rings. The van der Waals surface area contributed by atoms with Crippen molar-refractivity contribution in [3.63, 3.8) is 0 Å². The summed E-state index contributed by atoms with van der Waals surface area (Å²) >= 11 is 0. The number of fused-ring (bicyclic) bond motifs is 4. The van der Waals surface area contributed by atoms with Crippen LogP contribution in [0.4, 0.5) is 0 Å². The summed E-state index contributed by atoms with van der Waals surface area (Å²) in [5.74, 6) is -0.448. The monoisotopic (exact) mass is 395 g/mol. The summed E-state index contributed by atoms with van der Waals surface area (Å²) in [7, 11) is 1.28. The number of amides is 1. The Balaban J connectivity index is 1.60. The number of piperidine rings is 1. The molecule has 0 unspecified atom stereocenters. The summed E-state index contributed by atoms with van der Waals surface area (Å²) < 4.78 is 6.47. The van der Waals surface area contributed by atoms with Gasteiger partial charge in [-0.3, -0.25) is 14.4 Å². The lowest BCUT2D eigenvalue weighted by Gasteiger charge is -2.43. The van der Waals surface area contributed by atoms with Crippen molar-refractivity contribution in [1.82, 2.24) is 9.47 Å². The zero-order chi connectivity index (χ0) is 20.5. The molecule has 152 valence electrons. The van der Waals surface area contributed by atoms with Crippen molar-refractivity contribution in [3.8, 4) is 11.1 Å². The molecule has 1 aromatic carbocycles. The number of carbonyl (C=O) groups excluding carboxylic acids is 2. The average Bonchev–Trinajstić information content (AvgIpc) is 2.74. The molecule has 0 radical (unpaired) electrons. The predicted octanol–water partition coefficient (Wildman–Crippen LogP) is 1.35. The number of hydrogen-bond acceptors (Lipinski definition) is 5. The first-order chi connectivity index (χ1) is 14.0. The van der Waals surface area contributed by atoms with Gasteiger partial charge in [-0.15, -0.1) is 0 Å². The lowest BCUT2D eigenvalue weighted by atomic mass is 9.82. The highest BCUT2D eigenvalue weighted by Crippen LogP contribution is 2.36. The summed E-state index contributed by atoms with van der Waals surface area (Å²) in [6, 6.07) is 12.7. The Bertz CT molecular complexity index is 985. The standard InChI is InChI=1S/C22H25N3O4/c1-29-21(27)10-18(23)22(28)24-11-14-7-17(13-24)19-8-16(9-20(26)25(19)12-14)15-5-3-2-4-6-15/h2-6,8-9,14,17-18H,7,10-13,23H2,1H3/t14-,17+,18-/m0/s1. The molecular formula is C22H25N3O4. The van der Waals surface area contributed by atoms with E-state index in [-0.39, 0.29) is 29.7 Å². The molecule has 3 atom stereocenters. The Morgan fingerprint density at radius 3 is 2.62 bits per heavy atom. The number of nitrogens with two attached hydrogens (primary N) is 1. The summed E-state index contributed by atoms with van der Waals surface area (Å²) in [5.41, 5.74) is 8.80. The minimum absolute atomic E-state index is 0.00165. The Labute approximate surface area is 169 Å². The molecule has 1 aromatic heterocycles. The van der Waals surface area contributed by atoms with Gasteiger partial charge in [-0.25, -0.2) is 0 Å². The number of hydrogen-bond donors (Lipinski definition) is 1. The number of rotatable bonds is 4. The maximum atomic E-state index is 12.8. The molecule has 2 aromatic rings. The second-order valence-corrected chi connectivity index (χ2v) is 7.91. The van der Waals surface area contributed by atoms with Gasteiger partial charge in [0, 0.05) is 37.3 Å². The number of methoxy groups -OCH3 is 1. The van der Waals surface area contributed by atoms with Crippen molar-refractivity contribution < 1.29 is 14.3 Å². The molecule has 2 aliphatic heterocycles. The molecule has 1 saturated heterocycles. The number of aromatic nitrogens is 1. The Hall–Kier alpha value is -2.93. The summed E-state index contributed by atoms with van der Waals surface area (Å²) in [4.78, 5) is 38.8. The van der Waals surface area contributed by atoms with Gasteiger partial charge in [0.05, 0.1) is 19.6 Å². The summed E-state index contributed by atoms with van der Waals surface area (Å²) in [5, 5.41) is 0. The third kappa shape index (κ3) is 3.82. The highest BCUT2D eigenvalue weighted by Gasteiger charge is 2.38. The zero-order valence-electron chi connectivity index (χ0n) is 16.4. The van der Waals surface area contributed by atoms with Crippen LogP contribution < -0.4 is 11.3 Å². The fourth-order valence-corrected chi connectivity index (χ4v) is 4.52. The minimum Gasteiger partial charge on any atom is -0.469 e. The van der Waals surface area contributed by atoms with Gasteiger partial charge in [-0.2, -0.15) is 0 Å². The highest BCUT2D eigenvalue weighted by atomic mass is 16.5. The molecule has 7 heteroatoms. The largest absolute Gasteiger partial charge is 0.469 e. The molecule has 3 heterocycles. The minimum atomic E-state index is -0.904. The zero-order valence-corrected chi connectivity index (χ0v) is 16.4. The maximum absolute atomic E-state index is 12.8. The molecular weight excluding hydrogens is 370 g/mol. The van der Waals surface area contributed by atoms with E-state index in [1.165, 1.54) is 7.11 Å². The Morgan fingerprint density at radius 1 is 1.14 bits per heavy atom. The highest BCUT2D eigenvalue weighted by molar-refractivity contribution is 5.86. The van der Waals surface area contributed by atoms with Gasteiger partial charge >= 0.3 is 5.97 Å². The first kappa shape index (κ1) is 19.4. The van der Waals surface area contributed by atoms with E-state index in [0.717, 1.165) is 23.2 Å². The molecule has 0 spiro atoms. The van der Waals surface area contributed by atoms with E-state index in [4.69, 9.17) is 5.73 Å². The van der Waals surface area contributed by atoms with E-state index in [2.05, 4.69) is 10.8 Å². The van der Waals surface area contributed by atoms with Gasteiger partial charge in [0.25, 0.3) is 5.56 Å². The second kappa shape index (κ2) is 7.83. The lowest BCUT2D eigenvalue weighted by molar-refractivity contribution is -0.145. The molecule has 4 rings (SSSR count). The van der Waals surface area contributed by atoms with Crippen LogP contribution in [-0.2, 0) is 20.9 Å². The summed E-state index contributed by atoms with van der Waals surface area (Å²) in [6.45, 7) is 1.65. The number of carbonyl (C=O) groups is 2. The van der Waals surface area contributed by atoms with Crippen LogP contribution in [-0.4, -0.2) is 47.6 Å². The van der Waals surface area contributed by atoms with Gasteiger partial charge in [0.1, 0.15) is 0 Å². The molecule has 1 amide bonds. The van der Waals surface area contributed by atoms with Gasteiger partial charge in [-0.1, -0.05) is 30.3 Å². The smallest absolute Gasteiger partial charge is 0.307 e. The maximum Gasteiger partial charge on any atom is 0.307 e. The number of benzene rings is 1. The van der Waals surface area contributed by atoms with Crippen molar-refractivity contribution in [1.29, 1.82) is 0 Å². The predicted molar refractivity (Wildman–Crippen MR) is 108 cm³/mol. The van der Waals surface area contributed by atoms with Crippen LogP contribution in [0.1, 0.15) is 24.5 Å². The van der Waals surface area contributed by atoms with Crippen molar-refractivity contribution >= 4 is 11.9 Å². The van der Waals surface area contributed by atoms with E-state index in [0.29, 0.717) is 19.6 Å². The number of likely N-dealkylation sites (tertiary alicyclic amines) is 1. The van der Waals surface area contributed by atoms with Crippen LogP contribution in [0.2, 0.25) is 0 Å². The van der Waals surface area contributed by atoms with Crippen molar-refractivity contribution in [2.45, 2.75) is 31.3 Å². The van der Waals surface area contributed by atoms with Gasteiger partial charge in [0.15, 0.2) is 0 Å². The normalized spacial score (nSPS) is 21.2. The molecule has 0 saturated carbocycles. The SMILES string of the molecule is COC(=O)C[C@H](N)C(=O)N1C[C@@H]2C[C@H](C1)c1cc(-c3ccccc3)cc(=O)n1C2. The third-order valence-corrected chi connectivity index (χ3v) is 5.91. The van der Waals surface area contributed by atoms with Crippen molar-refractivity contribution in [3.05, 3.63) is 58.5 Å². The Morgan fingerprint density at radius 2 is 1.90 bits per heavy atom. The van der Waals surface area contributed by atoms with Crippen molar-refractivity contribution in [2.75, 3.05) is 20.2 Å². The van der Waals surface area contributed by atoms with Gasteiger partial charge in [-0.05, 0) is 29.5 Å². The number of nitrogens with zero attached hydrogens (tertiary/aromatic N) is 2. The van der Waals surface area contributed by atoms with E-state index in [1.54, 1.807) is 11.0 Å². The molecule has 1 fully saturated rings. The molecule has 7 nitrogen and oxygen atoms in total. The Kier molecular flexibility index (Phi) is 5.24. The number of pyridine rings is 1. The second-order valence-electron chi connectivity index (χ2n) is 7.91. The third-order valence-electron chi connectivity index (χ3n) is 5.91. The van der Waals surface area contributed by atoms with Crippen LogP contribution in [0, 0.1) is 5.92 Å². The van der Waals surface area contributed by atoms with Crippen LogP contribution in [0.25, 0.3) is 11.1 Å². The topological polar surface area (TPSA) is 94.6 Å². The van der Waals surface area contributed by atoms with E-state index < -0.39 is 12.0 Å². The van der Waals surface area contributed by atoms with Gasteiger partial charge in [0.2, 0.25) is 5.91 Å². The van der Waals surface area contributed by atoms with Crippen LogP contribution in [0.15, 0.2) is 47.3 Å². The van der Waals surface area contributed by atoms with E-state index in [9.17, 15) is 14.4 Å². The van der Waals surface area contributed by atoms with Crippen LogP contribution in [0.5, 0.6) is 0 Å². The number of esters is 1. The average molecular weight is 395 g/mol. The fourth-order valence-electron chi connectivity index (χ4n) is 4.52. The van der Waals surface area contributed by atoms with Crippen LogP contribution >= 0.6 is 0 Å².